The number of hydrogen-bond donors (Lipinski definition) is 1. The molecule has 94 valence electrons. The number of nitrogens with zero attached hydrogens (tertiary/aromatic N) is 1. The van der Waals surface area contributed by atoms with Crippen LogP contribution >= 0.6 is 0 Å². The molecule has 16 heavy (non-hydrogen) atoms. The smallest absolute Gasteiger partial charge is 0.0474 e. The van der Waals surface area contributed by atoms with Gasteiger partial charge in [-0.25, -0.2) is 0 Å². The predicted octanol–water partition coefficient (Wildman–Crippen LogP) is 1.63. The molecule has 2 aliphatic rings. The van der Waals surface area contributed by atoms with Gasteiger partial charge in [0.15, 0.2) is 0 Å². The second-order valence-electron chi connectivity index (χ2n) is 5.39. The van der Waals surface area contributed by atoms with Crippen molar-refractivity contribution >= 4 is 0 Å². The molecular formula is C13H26N2O. The monoisotopic (exact) mass is 226 g/mol. The fourth-order valence-corrected chi connectivity index (χ4v) is 3.23. The largest absolute Gasteiger partial charge is 0.385 e. The third-order valence-corrected chi connectivity index (χ3v) is 4.09. The highest BCUT2D eigenvalue weighted by atomic mass is 16.5. The third-order valence-electron chi connectivity index (χ3n) is 4.09. The summed E-state index contributed by atoms with van der Waals surface area (Å²) in [5.41, 5.74) is 0.462. The maximum atomic E-state index is 5.13. The lowest BCUT2D eigenvalue weighted by Gasteiger charge is -2.46. The number of hydrogen-bond acceptors (Lipinski definition) is 3. The van der Waals surface area contributed by atoms with Crippen LogP contribution in [-0.4, -0.2) is 50.3 Å². The number of rotatable bonds is 4. The van der Waals surface area contributed by atoms with Gasteiger partial charge in [-0.05, 0) is 19.3 Å². The van der Waals surface area contributed by atoms with E-state index in [9.17, 15) is 0 Å². The maximum absolute atomic E-state index is 5.13. The van der Waals surface area contributed by atoms with Gasteiger partial charge >= 0.3 is 0 Å². The molecule has 0 unspecified atom stereocenters. The zero-order chi connectivity index (χ0) is 11.3. The zero-order valence-electron chi connectivity index (χ0n) is 10.6. The molecule has 0 atom stereocenters. The van der Waals surface area contributed by atoms with Crippen molar-refractivity contribution in [2.45, 2.75) is 44.1 Å². The van der Waals surface area contributed by atoms with Crippen LogP contribution in [0, 0.1) is 0 Å². The van der Waals surface area contributed by atoms with Gasteiger partial charge in [-0.2, -0.15) is 0 Å². The molecule has 1 aliphatic heterocycles. The molecule has 1 saturated carbocycles. The molecule has 0 bridgehead atoms. The van der Waals surface area contributed by atoms with E-state index in [2.05, 4.69) is 10.2 Å². The average Bonchev–Trinajstić information content (AvgIpc) is 2.31. The van der Waals surface area contributed by atoms with Crippen LogP contribution in [0.25, 0.3) is 0 Å². The van der Waals surface area contributed by atoms with Crippen molar-refractivity contribution < 1.29 is 4.74 Å². The van der Waals surface area contributed by atoms with Gasteiger partial charge in [0.1, 0.15) is 0 Å². The lowest BCUT2D eigenvalue weighted by Crippen LogP contribution is -2.61. The van der Waals surface area contributed by atoms with Crippen molar-refractivity contribution in [1.82, 2.24) is 10.2 Å². The van der Waals surface area contributed by atoms with E-state index in [1.54, 1.807) is 7.11 Å². The Balaban J connectivity index is 1.78. The second-order valence-corrected chi connectivity index (χ2v) is 5.39. The number of ether oxygens (including phenoxy) is 1. The van der Waals surface area contributed by atoms with Crippen LogP contribution < -0.4 is 5.32 Å². The van der Waals surface area contributed by atoms with Gasteiger partial charge in [0.25, 0.3) is 0 Å². The second kappa shape index (κ2) is 5.99. The average molecular weight is 226 g/mol. The van der Waals surface area contributed by atoms with E-state index in [0.717, 1.165) is 6.61 Å². The summed E-state index contributed by atoms with van der Waals surface area (Å²) < 4.78 is 5.13. The first-order chi connectivity index (χ1) is 7.85. The van der Waals surface area contributed by atoms with Gasteiger partial charge in [-0.3, -0.25) is 0 Å². The summed E-state index contributed by atoms with van der Waals surface area (Å²) in [5, 5.41) is 3.78. The fraction of sp³-hybridized carbons (Fsp3) is 1.00. The standard InChI is InChI=1S/C13H26N2O/c1-16-11-5-9-15-10-8-14-13(12-15)6-3-2-4-7-13/h14H,2-12H2,1H3. The Morgan fingerprint density at radius 3 is 2.81 bits per heavy atom. The lowest BCUT2D eigenvalue weighted by atomic mass is 9.80. The quantitative estimate of drug-likeness (QED) is 0.737. The molecule has 3 heteroatoms. The topological polar surface area (TPSA) is 24.5 Å². The molecule has 0 amide bonds. The minimum Gasteiger partial charge on any atom is -0.385 e. The molecule has 0 aromatic rings. The van der Waals surface area contributed by atoms with Crippen LogP contribution in [-0.2, 0) is 4.74 Å². The van der Waals surface area contributed by atoms with Crippen molar-refractivity contribution in [2.24, 2.45) is 0 Å². The molecule has 1 saturated heterocycles. The van der Waals surface area contributed by atoms with Gasteiger partial charge in [-0.1, -0.05) is 19.3 Å². The summed E-state index contributed by atoms with van der Waals surface area (Å²) in [6, 6.07) is 0. The highest BCUT2D eigenvalue weighted by molar-refractivity contribution is 4.96. The van der Waals surface area contributed by atoms with Crippen LogP contribution in [0.2, 0.25) is 0 Å². The number of methoxy groups -OCH3 is 1. The van der Waals surface area contributed by atoms with Crippen LogP contribution in [0.15, 0.2) is 0 Å². The van der Waals surface area contributed by atoms with E-state index in [-0.39, 0.29) is 0 Å². The molecule has 0 radical (unpaired) electrons. The first-order valence-corrected chi connectivity index (χ1v) is 6.81. The van der Waals surface area contributed by atoms with E-state index in [4.69, 9.17) is 4.74 Å². The van der Waals surface area contributed by atoms with Gasteiger partial charge in [0.2, 0.25) is 0 Å². The molecule has 1 N–H and O–H groups in total. The molecular weight excluding hydrogens is 200 g/mol. The zero-order valence-corrected chi connectivity index (χ0v) is 10.6. The lowest BCUT2D eigenvalue weighted by molar-refractivity contribution is 0.0897. The Bertz CT molecular complexity index is 197. The van der Waals surface area contributed by atoms with E-state index in [1.165, 1.54) is 64.7 Å². The summed E-state index contributed by atoms with van der Waals surface area (Å²) in [6.07, 6.45) is 8.21. The Labute approximate surface area is 99.5 Å². The van der Waals surface area contributed by atoms with Crippen molar-refractivity contribution in [3.8, 4) is 0 Å². The summed E-state index contributed by atoms with van der Waals surface area (Å²) in [6.45, 7) is 5.75. The minimum absolute atomic E-state index is 0.462. The van der Waals surface area contributed by atoms with Crippen LogP contribution in [0.5, 0.6) is 0 Å². The van der Waals surface area contributed by atoms with E-state index in [0.29, 0.717) is 5.54 Å². The summed E-state index contributed by atoms with van der Waals surface area (Å²) >= 11 is 0. The highest BCUT2D eigenvalue weighted by Crippen LogP contribution is 2.30. The molecule has 1 aliphatic carbocycles. The van der Waals surface area contributed by atoms with E-state index in [1.807, 2.05) is 0 Å². The van der Waals surface area contributed by atoms with Crippen LogP contribution in [0.4, 0.5) is 0 Å². The molecule has 2 fully saturated rings. The predicted molar refractivity (Wildman–Crippen MR) is 66.8 cm³/mol. The van der Waals surface area contributed by atoms with Crippen molar-refractivity contribution in [2.75, 3.05) is 39.9 Å². The Morgan fingerprint density at radius 1 is 1.25 bits per heavy atom. The van der Waals surface area contributed by atoms with E-state index < -0.39 is 0 Å². The SMILES string of the molecule is COCCCN1CCNC2(CCCCC2)C1. The third kappa shape index (κ3) is 3.19. The minimum atomic E-state index is 0.462. The number of piperazine rings is 1. The molecule has 0 aromatic carbocycles. The van der Waals surface area contributed by atoms with Gasteiger partial charge in [-0.15, -0.1) is 0 Å². The first kappa shape index (κ1) is 12.3. The first-order valence-electron chi connectivity index (χ1n) is 6.81. The molecule has 0 aromatic heterocycles. The van der Waals surface area contributed by atoms with Gasteiger partial charge in [0, 0.05) is 45.4 Å². The molecule has 2 rings (SSSR count). The Hall–Kier alpha value is -0.120. The molecule has 3 nitrogen and oxygen atoms in total. The fourth-order valence-electron chi connectivity index (χ4n) is 3.23. The normalized spacial score (nSPS) is 26.1. The van der Waals surface area contributed by atoms with E-state index >= 15 is 0 Å². The Kier molecular flexibility index (Phi) is 4.62. The molecule has 1 heterocycles. The van der Waals surface area contributed by atoms with Gasteiger partial charge < -0.3 is 15.0 Å². The Morgan fingerprint density at radius 2 is 2.06 bits per heavy atom. The summed E-state index contributed by atoms with van der Waals surface area (Å²) in [7, 11) is 1.79. The van der Waals surface area contributed by atoms with Crippen LogP contribution in [0.1, 0.15) is 38.5 Å². The highest BCUT2D eigenvalue weighted by Gasteiger charge is 2.35. The number of nitrogens with one attached hydrogen (secondary N) is 1. The summed E-state index contributed by atoms with van der Waals surface area (Å²) in [5.74, 6) is 0. The molecule has 1 spiro atoms. The maximum Gasteiger partial charge on any atom is 0.0474 e. The summed E-state index contributed by atoms with van der Waals surface area (Å²) in [4.78, 5) is 2.63. The van der Waals surface area contributed by atoms with Crippen LogP contribution in [0.3, 0.4) is 0 Å². The van der Waals surface area contributed by atoms with Gasteiger partial charge in [0.05, 0.1) is 0 Å². The van der Waals surface area contributed by atoms with Crippen molar-refractivity contribution in [1.29, 1.82) is 0 Å². The van der Waals surface area contributed by atoms with Crippen molar-refractivity contribution in [3.05, 3.63) is 0 Å². The van der Waals surface area contributed by atoms with Crippen molar-refractivity contribution in [3.63, 3.8) is 0 Å².